The van der Waals surface area contributed by atoms with Gasteiger partial charge in [-0.05, 0) is 87.7 Å². The van der Waals surface area contributed by atoms with E-state index >= 15 is 0 Å². The zero-order valence-electron chi connectivity index (χ0n) is 27.0. The van der Waals surface area contributed by atoms with Crippen LogP contribution in [-0.4, -0.2) is 82.7 Å². The van der Waals surface area contributed by atoms with Gasteiger partial charge in [-0.25, -0.2) is 9.78 Å². The van der Waals surface area contributed by atoms with Crippen molar-refractivity contribution in [1.82, 2.24) is 25.1 Å². The van der Waals surface area contributed by atoms with Gasteiger partial charge in [0.2, 0.25) is 11.9 Å². The maximum absolute atomic E-state index is 13.2. The van der Waals surface area contributed by atoms with Crippen LogP contribution in [0.15, 0.2) is 30.5 Å². The van der Waals surface area contributed by atoms with E-state index in [2.05, 4.69) is 32.0 Å². The zero-order valence-corrected chi connectivity index (χ0v) is 27.8. The molecule has 1 saturated heterocycles. The number of nitrogens with one attached hydrogen (secondary N) is 3. The number of carbonyl (C=O) groups excluding carboxylic acids is 2. The summed E-state index contributed by atoms with van der Waals surface area (Å²) in [4.78, 5) is 38.1. The molecule has 2 heterocycles. The molecule has 1 aliphatic heterocycles. The van der Waals surface area contributed by atoms with Crippen molar-refractivity contribution >= 4 is 35.4 Å². The lowest BCUT2D eigenvalue weighted by Crippen LogP contribution is -2.61. The number of amides is 2. The molecule has 4 aliphatic carbocycles. The molecule has 11 nitrogen and oxygen atoms in total. The molecular formula is C34H45ClN8O3. The number of hydrogen-bond donors (Lipinski definition) is 3. The number of piperazine rings is 1. The Morgan fingerprint density at radius 1 is 1.07 bits per heavy atom. The molecule has 1 aromatic carbocycles. The van der Waals surface area contributed by atoms with Gasteiger partial charge in [0.25, 0.3) is 0 Å². The summed E-state index contributed by atoms with van der Waals surface area (Å²) >= 11 is 6.31. The van der Waals surface area contributed by atoms with E-state index in [9.17, 15) is 14.9 Å². The standard InChI is InChI=1S/C34H45ClN8O3/c1-33(2,3)46-32(45)43-10-8-42(9-11-43)28(44)20-37-29-24-12-22-13-25(29)16-34(14-22,15-24)21-40-30-26(17-36)19-39-31(41-30)38-18-23-6-4-5-7-27(23)35/h4-7,19,22,24-25,29,37H,8-16,18,20-21H2,1-3H3,(H2,38,39,40,41)/t22?,24-,25+,29?,34?. The fraction of sp³-hybridized carbons (Fsp3) is 0.618. The number of hydrogen-bond acceptors (Lipinski definition) is 9. The van der Waals surface area contributed by atoms with Crippen molar-refractivity contribution < 1.29 is 14.3 Å². The van der Waals surface area contributed by atoms with Crippen molar-refractivity contribution in [2.45, 2.75) is 71.1 Å². The minimum absolute atomic E-state index is 0.0979. The van der Waals surface area contributed by atoms with Crippen LogP contribution < -0.4 is 16.0 Å². The van der Waals surface area contributed by atoms with Crippen molar-refractivity contribution in [3.63, 3.8) is 0 Å². The van der Waals surface area contributed by atoms with Crippen molar-refractivity contribution in [2.24, 2.45) is 23.2 Å². The van der Waals surface area contributed by atoms with Crippen LogP contribution in [0.25, 0.3) is 0 Å². The number of aromatic nitrogens is 2. The summed E-state index contributed by atoms with van der Waals surface area (Å²) in [5, 5.41) is 20.9. The van der Waals surface area contributed by atoms with Gasteiger partial charge in [0.15, 0.2) is 0 Å². The molecule has 0 radical (unpaired) electrons. The Labute approximate surface area is 276 Å². The van der Waals surface area contributed by atoms with Gasteiger partial charge in [0.1, 0.15) is 23.1 Å². The van der Waals surface area contributed by atoms with E-state index in [0.29, 0.717) is 85.4 Å². The minimum Gasteiger partial charge on any atom is -0.444 e. The Morgan fingerprint density at radius 3 is 2.43 bits per heavy atom. The highest BCUT2D eigenvalue weighted by Crippen LogP contribution is 2.60. The van der Waals surface area contributed by atoms with Crippen LogP contribution in [0.4, 0.5) is 16.6 Å². The quantitative estimate of drug-likeness (QED) is 0.347. The smallest absolute Gasteiger partial charge is 0.410 e. The maximum atomic E-state index is 13.2. The highest BCUT2D eigenvalue weighted by molar-refractivity contribution is 6.31. The first-order valence-corrected chi connectivity index (χ1v) is 16.9. The highest BCUT2D eigenvalue weighted by Gasteiger charge is 2.55. The average molecular weight is 649 g/mol. The fourth-order valence-electron chi connectivity index (χ4n) is 8.30. The van der Waals surface area contributed by atoms with Gasteiger partial charge in [0, 0.05) is 50.3 Å². The van der Waals surface area contributed by atoms with E-state index in [1.807, 2.05) is 49.9 Å². The number of ether oxygens (including phenoxy) is 1. The minimum atomic E-state index is -0.532. The van der Waals surface area contributed by atoms with E-state index in [0.717, 1.165) is 24.9 Å². The van der Waals surface area contributed by atoms with Gasteiger partial charge in [-0.3, -0.25) is 4.79 Å². The number of carbonyl (C=O) groups is 2. The molecule has 5 atom stereocenters. The lowest BCUT2D eigenvalue weighted by atomic mass is 9.48. The monoisotopic (exact) mass is 648 g/mol. The van der Waals surface area contributed by atoms with Gasteiger partial charge in [-0.1, -0.05) is 29.8 Å². The Bertz CT molecular complexity index is 1470. The third-order valence-corrected chi connectivity index (χ3v) is 10.5. The molecule has 5 fully saturated rings. The summed E-state index contributed by atoms with van der Waals surface area (Å²) in [5.41, 5.74) is 0.999. The van der Waals surface area contributed by atoms with E-state index in [1.54, 1.807) is 11.1 Å². The van der Waals surface area contributed by atoms with Crippen LogP contribution in [0.1, 0.15) is 64.0 Å². The molecule has 12 heteroatoms. The number of benzene rings is 1. The first kappa shape index (κ1) is 32.3. The van der Waals surface area contributed by atoms with Gasteiger partial charge >= 0.3 is 6.09 Å². The summed E-state index contributed by atoms with van der Waals surface area (Å²) < 4.78 is 5.49. The topological polar surface area (TPSA) is 136 Å². The third-order valence-electron chi connectivity index (χ3n) is 10.1. The molecule has 1 aromatic heterocycles. The summed E-state index contributed by atoms with van der Waals surface area (Å²) in [5.74, 6) is 2.86. The Morgan fingerprint density at radius 2 is 1.76 bits per heavy atom. The van der Waals surface area contributed by atoms with Crippen molar-refractivity contribution in [3.05, 3.63) is 46.6 Å². The number of nitrogens with zero attached hydrogens (tertiary/aromatic N) is 5. The third kappa shape index (κ3) is 7.34. The molecule has 4 saturated carbocycles. The summed E-state index contributed by atoms with van der Waals surface area (Å²) in [6.07, 6.45) is 7.03. The second-order valence-corrected chi connectivity index (χ2v) is 15.0. The van der Waals surface area contributed by atoms with Gasteiger partial charge in [0.05, 0.1) is 12.7 Å². The van der Waals surface area contributed by atoms with Crippen LogP contribution >= 0.6 is 11.6 Å². The van der Waals surface area contributed by atoms with Crippen molar-refractivity contribution in [2.75, 3.05) is 49.9 Å². The molecule has 7 rings (SSSR count). The first-order chi connectivity index (χ1) is 22.0. The predicted octanol–water partition coefficient (Wildman–Crippen LogP) is 4.89. The Hall–Kier alpha value is -3.62. The highest BCUT2D eigenvalue weighted by atomic mass is 35.5. The number of rotatable bonds is 9. The fourth-order valence-corrected chi connectivity index (χ4v) is 8.50. The first-order valence-electron chi connectivity index (χ1n) is 16.5. The van der Waals surface area contributed by atoms with Crippen molar-refractivity contribution in [3.8, 4) is 6.07 Å². The van der Waals surface area contributed by atoms with E-state index in [4.69, 9.17) is 16.3 Å². The van der Waals surface area contributed by atoms with E-state index < -0.39 is 5.60 Å². The molecule has 0 spiro atoms. The number of nitriles is 1. The summed E-state index contributed by atoms with van der Waals surface area (Å²) in [6.45, 7) is 9.20. The van der Waals surface area contributed by atoms with Gasteiger partial charge in [-0.2, -0.15) is 10.2 Å². The summed E-state index contributed by atoms with van der Waals surface area (Å²) in [7, 11) is 0. The Kier molecular flexibility index (Phi) is 9.31. The lowest BCUT2D eigenvalue weighted by molar-refractivity contribution is -0.133. The zero-order chi connectivity index (χ0) is 32.5. The Balaban J connectivity index is 1.01. The van der Waals surface area contributed by atoms with E-state index in [-0.39, 0.29) is 17.4 Å². The van der Waals surface area contributed by atoms with E-state index in [1.165, 1.54) is 19.3 Å². The molecule has 2 amide bonds. The number of halogens is 1. The van der Waals surface area contributed by atoms with Crippen LogP contribution in [0.3, 0.4) is 0 Å². The lowest BCUT2D eigenvalue weighted by Gasteiger charge is -2.60. The van der Waals surface area contributed by atoms with Gasteiger partial charge < -0.3 is 30.5 Å². The van der Waals surface area contributed by atoms with Crippen LogP contribution in [-0.2, 0) is 16.1 Å². The maximum Gasteiger partial charge on any atom is 0.410 e. The van der Waals surface area contributed by atoms with Crippen LogP contribution in [0.5, 0.6) is 0 Å². The predicted molar refractivity (Wildman–Crippen MR) is 176 cm³/mol. The number of anilines is 2. The molecule has 4 bridgehead atoms. The van der Waals surface area contributed by atoms with Crippen molar-refractivity contribution in [1.29, 1.82) is 5.26 Å². The second-order valence-electron chi connectivity index (χ2n) is 14.6. The molecule has 2 aromatic rings. The molecule has 3 unspecified atom stereocenters. The summed E-state index contributed by atoms with van der Waals surface area (Å²) in [6, 6.07) is 10.2. The SMILES string of the molecule is CC(C)(C)OC(=O)N1CCN(C(=O)CNC2[C@@H]3CC4C[C@H]2CC(CNc2nc(NCc5ccccc5Cl)ncc2C#N)(C4)C3)CC1. The normalized spacial score (nSPS) is 26.8. The largest absolute Gasteiger partial charge is 0.444 e. The molecule has 246 valence electrons. The second kappa shape index (κ2) is 13.2. The van der Waals surface area contributed by atoms with Crippen LogP contribution in [0, 0.1) is 34.5 Å². The van der Waals surface area contributed by atoms with Gasteiger partial charge in [-0.15, -0.1) is 0 Å². The molecular weight excluding hydrogens is 604 g/mol. The molecule has 46 heavy (non-hydrogen) atoms. The van der Waals surface area contributed by atoms with Crippen LogP contribution in [0.2, 0.25) is 5.02 Å². The molecule has 5 aliphatic rings. The average Bonchev–Trinajstić information content (AvgIpc) is 3.02. The molecule has 3 N–H and O–H groups in total.